The van der Waals surface area contributed by atoms with Crippen LogP contribution in [0.25, 0.3) is 5.03 Å². The molecular weight excluding hydrogens is 211 g/mol. The summed E-state index contributed by atoms with van der Waals surface area (Å²) in [5, 5.41) is 9.11. The summed E-state index contributed by atoms with van der Waals surface area (Å²) in [4.78, 5) is 10.3. The summed E-state index contributed by atoms with van der Waals surface area (Å²) < 4.78 is 0. The maximum absolute atomic E-state index is 10.3. The average Bonchev–Trinajstić information content (AvgIpc) is 2.03. The number of aliphatic carboxylic acids is 1. The Bertz CT molecular complexity index is 358. The molecule has 0 aliphatic rings. The zero-order chi connectivity index (χ0) is 9.84. The monoisotopic (exact) mass is 216 g/mol. The minimum absolute atomic E-state index is 0.162. The van der Waals surface area contributed by atoms with Crippen LogP contribution in [0.4, 0.5) is 0 Å². The minimum atomic E-state index is -1.08. The van der Waals surface area contributed by atoms with Gasteiger partial charge >= 0.3 is 5.97 Å². The summed E-state index contributed by atoms with van der Waals surface area (Å²) in [5.41, 5.74) is 0.594. The highest BCUT2D eigenvalue weighted by Crippen LogP contribution is 2.21. The van der Waals surface area contributed by atoms with Crippen molar-refractivity contribution in [2.24, 2.45) is 0 Å². The van der Waals surface area contributed by atoms with Crippen molar-refractivity contribution in [1.82, 2.24) is 0 Å². The third-order valence-electron chi connectivity index (χ3n) is 1.35. The van der Waals surface area contributed by atoms with Crippen LogP contribution >= 0.6 is 23.2 Å². The third-order valence-corrected chi connectivity index (χ3v) is 1.91. The Morgan fingerprint density at radius 3 is 2.69 bits per heavy atom. The largest absolute Gasteiger partial charge is 0.478 e. The molecule has 1 rings (SSSR count). The van der Waals surface area contributed by atoms with E-state index in [1.54, 1.807) is 24.3 Å². The Morgan fingerprint density at radius 2 is 2.15 bits per heavy atom. The molecule has 0 heterocycles. The van der Waals surface area contributed by atoms with Gasteiger partial charge in [-0.2, -0.15) is 0 Å². The number of halogens is 2. The zero-order valence-electron chi connectivity index (χ0n) is 6.50. The molecule has 0 amide bonds. The van der Waals surface area contributed by atoms with Crippen molar-refractivity contribution in [1.29, 1.82) is 0 Å². The predicted octanol–water partition coefficient (Wildman–Crippen LogP) is 3.00. The summed E-state index contributed by atoms with van der Waals surface area (Å²) in [6.07, 6.45) is 0.924. The fraction of sp³-hybridized carbons (Fsp3) is 0. The van der Waals surface area contributed by atoms with E-state index in [9.17, 15) is 4.79 Å². The van der Waals surface area contributed by atoms with Crippen LogP contribution < -0.4 is 0 Å². The third kappa shape index (κ3) is 3.09. The molecule has 1 aromatic rings. The molecule has 0 unspecified atom stereocenters. The molecule has 13 heavy (non-hydrogen) atoms. The molecule has 0 spiro atoms. The van der Waals surface area contributed by atoms with Gasteiger partial charge in [-0.3, -0.25) is 0 Å². The van der Waals surface area contributed by atoms with E-state index in [2.05, 4.69) is 0 Å². The van der Waals surface area contributed by atoms with Crippen LogP contribution in [0.3, 0.4) is 0 Å². The normalized spacial score (nSPS) is 11.4. The highest BCUT2D eigenvalue weighted by Gasteiger charge is 2.00. The van der Waals surface area contributed by atoms with Crippen LogP contribution in [-0.2, 0) is 4.79 Å². The molecule has 0 saturated carbocycles. The van der Waals surface area contributed by atoms with Gasteiger partial charge in [0.15, 0.2) is 0 Å². The van der Waals surface area contributed by atoms with Gasteiger partial charge in [-0.25, -0.2) is 4.79 Å². The van der Waals surface area contributed by atoms with Crippen LogP contribution in [0.2, 0.25) is 5.02 Å². The molecule has 0 aliphatic heterocycles. The molecule has 0 atom stereocenters. The first-order valence-electron chi connectivity index (χ1n) is 3.45. The first kappa shape index (κ1) is 10.1. The Morgan fingerprint density at radius 1 is 1.46 bits per heavy atom. The lowest BCUT2D eigenvalue weighted by molar-refractivity contribution is -0.131. The molecule has 0 aliphatic carbocycles. The van der Waals surface area contributed by atoms with E-state index in [1.807, 2.05) is 0 Å². The smallest absolute Gasteiger partial charge is 0.329 e. The highest BCUT2D eigenvalue weighted by molar-refractivity contribution is 6.50. The molecule has 68 valence electrons. The second kappa shape index (κ2) is 4.30. The van der Waals surface area contributed by atoms with Crippen molar-refractivity contribution in [3.05, 3.63) is 40.9 Å². The van der Waals surface area contributed by atoms with E-state index in [0.29, 0.717) is 10.6 Å². The number of carboxylic acid groups (broad SMARTS) is 1. The number of carboxylic acids is 1. The summed E-state index contributed by atoms with van der Waals surface area (Å²) in [6, 6.07) is 6.68. The Kier molecular flexibility index (Phi) is 3.34. The van der Waals surface area contributed by atoms with Crippen LogP contribution in [-0.4, -0.2) is 11.1 Å². The van der Waals surface area contributed by atoms with Gasteiger partial charge in [-0.1, -0.05) is 35.3 Å². The van der Waals surface area contributed by atoms with Gasteiger partial charge in [0.25, 0.3) is 0 Å². The molecular formula is C9H6Cl2O2. The van der Waals surface area contributed by atoms with E-state index < -0.39 is 5.97 Å². The molecule has 4 heteroatoms. The maximum atomic E-state index is 10.3. The molecule has 0 fully saturated rings. The Labute approximate surface area is 85.4 Å². The van der Waals surface area contributed by atoms with Gasteiger partial charge in [-0.15, -0.1) is 0 Å². The quantitative estimate of drug-likeness (QED) is 0.773. The van der Waals surface area contributed by atoms with Gasteiger partial charge in [0.2, 0.25) is 0 Å². The van der Waals surface area contributed by atoms with E-state index >= 15 is 0 Å². The second-order valence-corrected chi connectivity index (χ2v) is 3.18. The fourth-order valence-corrected chi connectivity index (χ4v) is 1.23. The highest BCUT2D eigenvalue weighted by atomic mass is 35.5. The average molecular weight is 217 g/mol. The number of benzene rings is 1. The first-order valence-corrected chi connectivity index (χ1v) is 4.21. The summed E-state index contributed by atoms with van der Waals surface area (Å²) in [6.45, 7) is 0. The molecule has 1 N–H and O–H groups in total. The van der Waals surface area contributed by atoms with Crippen molar-refractivity contribution in [3.8, 4) is 0 Å². The molecule has 0 radical (unpaired) electrons. The number of rotatable bonds is 2. The summed E-state index contributed by atoms with van der Waals surface area (Å²) in [7, 11) is 0. The lowest BCUT2D eigenvalue weighted by atomic mass is 10.2. The van der Waals surface area contributed by atoms with Crippen molar-refractivity contribution >= 4 is 34.2 Å². The molecule has 1 aromatic carbocycles. The van der Waals surface area contributed by atoms with Crippen LogP contribution in [0.1, 0.15) is 5.56 Å². The number of hydrogen-bond donors (Lipinski definition) is 1. The standard InChI is InChI=1S/C9H6Cl2O2/c10-7-3-1-2-6(4-7)8(11)5-9(12)13/h1-5H,(H,12,13)/b8-5+. The van der Waals surface area contributed by atoms with E-state index in [4.69, 9.17) is 28.3 Å². The lowest BCUT2D eigenvalue weighted by Gasteiger charge is -1.97. The summed E-state index contributed by atoms with van der Waals surface area (Å²) in [5.74, 6) is -1.08. The number of hydrogen-bond acceptors (Lipinski definition) is 1. The van der Waals surface area contributed by atoms with Gasteiger partial charge in [0.05, 0.1) is 5.03 Å². The van der Waals surface area contributed by atoms with E-state index in [1.165, 1.54) is 0 Å². The predicted molar refractivity (Wildman–Crippen MR) is 52.9 cm³/mol. The van der Waals surface area contributed by atoms with Crippen molar-refractivity contribution in [3.63, 3.8) is 0 Å². The van der Waals surface area contributed by atoms with Crippen molar-refractivity contribution < 1.29 is 9.90 Å². The molecule has 2 nitrogen and oxygen atoms in total. The first-order chi connectivity index (χ1) is 6.09. The summed E-state index contributed by atoms with van der Waals surface area (Å²) >= 11 is 11.4. The lowest BCUT2D eigenvalue weighted by Crippen LogP contribution is -1.88. The van der Waals surface area contributed by atoms with E-state index in [0.717, 1.165) is 6.08 Å². The molecule has 0 bridgehead atoms. The SMILES string of the molecule is O=C(O)/C=C(/Cl)c1cccc(Cl)c1. The van der Waals surface area contributed by atoms with Gasteiger partial charge < -0.3 is 5.11 Å². The molecule has 0 saturated heterocycles. The van der Waals surface area contributed by atoms with Gasteiger partial charge in [0.1, 0.15) is 0 Å². The van der Waals surface area contributed by atoms with Crippen LogP contribution in [0, 0.1) is 0 Å². The maximum Gasteiger partial charge on any atom is 0.329 e. The fourth-order valence-electron chi connectivity index (χ4n) is 0.829. The van der Waals surface area contributed by atoms with Crippen LogP contribution in [0.15, 0.2) is 30.3 Å². The minimum Gasteiger partial charge on any atom is -0.478 e. The van der Waals surface area contributed by atoms with Crippen molar-refractivity contribution in [2.45, 2.75) is 0 Å². The number of carbonyl (C=O) groups is 1. The van der Waals surface area contributed by atoms with E-state index in [-0.39, 0.29) is 5.03 Å². The van der Waals surface area contributed by atoms with Crippen molar-refractivity contribution in [2.75, 3.05) is 0 Å². The topological polar surface area (TPSA) is 37.3 Å². The molecule has 0 aromatic heterocycles. The Balaban J connectivity index is 3.02. The zero-order valence-corrected chi connectivity index (χ0v) is 8.01. The van der Waals surface area contributed by atoms with Crippen LogP contribution in [0.5, 0.6) is 0 Å². The Hall–Kier alpha value is -0.990. The second-order valence-electron chi connectivity index (χ2n) is 2.34. The van der Waals surface area contributed by atoms with Gasteiger partial charge in [-0.05, 0) is 17.7 Å². The van der Waals surface area contributed by atoms with Gasteiger partial charge in [0, 0.05) is 11.1 Å².